The molecule has 0 saturated carbocycles. The molecule has 0 aromatic heterocycles. The largest absolute Gasteiger partial charge is 0.480 e. The number of aliphatic carboxylic acids is 1. The third kappa shape index (κ3) is 6.94. The van der Waals surface area contributed by atoms with Gasteiger partial charge in [0, 0.05) is 17.5 Å². The average molecular weight is 244 g/mol. The molecule has 0 spiro atoms. The average Bonchev–Trinajstić information content (AvgIpc) is 2.07. The Morgan fingerprint density at radius 2 is 1.65 bits per heavy atom. The van der Waals surface area contributed by atoms with Crippen molar-refractivity contribution in [2.24, 2.45) is 5.73 Å². The molecule has 3 N–H and O–H groups in total. The first-order valence-corrected chi connectivity index (χ1v) is 5.74. The Morgan fingerprint density at radius 1 is 1.18 bits per heavy atom. The minimum atomic E-state index is -1.000. The van der Waals surface area contributed by atoms with Crippen LogP contribution >= 0.6 is 0 Å². The van der Waals surface area contributed by atoms with E-state index in [9.17, 15) is 9.59 Å². The van der Waals surface area contributed by atoms with Crippen LogP contribution in [0.15, 0.2) is 0 Å². The smallest absolute Gasteiger partial charge is 0.323 e. The van der Waals surface area contributed by atoms with Gasteiger partial charge in [0.25, 0.3) is 0 Å². The maximum Gasteiger partial charge on any atom is 0.323 e. The molecule has 1 amide bonds. The standard InChI is InChI=1S/C12H24N2O3/c1-11(2,3)14(8-10(16)17)9(15)6-7-12(4,5)13/h6-8,13H2,1-5H3,(H,16,17). The molecule has 0 radical (unpaired) electrons. The number of hydrogen-bond acceptors (Lipinski definition) is 3. The first-order valence-electron chi connectivity index (χ1n) is 5.74. The number of rotatable bonds is 5. The number of carbonyl (C=O) groups is 2. The Morgan fingerprint density at radius 3 is 1.94 bits per heavy atom. The fourth-order valence-corrected chi connectivity index (χ4v) is 1.40. The third-order valence-electron chi connectivity index (χ3n) is 2.39. The van der Waals surface area contributed by atoms with Crippen LogP contribution in [-0.2, 0) is 9.59 Å². The molecule has 0 aromatic rings. The van der Waals surface area contributed by atoms with Crippen LogP contribution in [0.3, 0.4) is 0 Å². The summed E-state index contributed by atoms with van der Waals surface area (Å²) in [6.45, 7) is 8.88. The number of amides is 1. The van der Waals surface area contributed by atoms with E-state index in [0.29, 0.717) is 6.42 Å². The normalized spacial score (nSPS) is 12.4. The van der Waals surface area contributed by atoms with E-state index >= 15 is 0 Å². The molecule has 5 heteroatoms. The van der Waals surface area contributed by atoms with Crippen molar-refractivity contribution in [2.45, 2.75) is 58.5 Å². The number of carbonyl (C=O) groups excluding carboxylic acids is 1. The van der Waals surface area contributed by atoms with Crippen LogP contribution < -0.4 is 5.73 Å². The second-order valence-electron chi connectivity index (χ2n) is 6.03. The zero-order valence-electron chi connectivity index (χ0n) is 11.4. The van der Waals surface area contributed by atoms with Gasteiger partial charge < -0.3 is 15.7 Å². The summed E-state index contributed by atoms with van der Waals surface area (Å²) in [5.41, 5.74) is 4.90. The predicted molar refractivity (Wildman–Crippen MR) is 66.6 cm³/mol. The van der Waals surface area contributed by atoms with Gasteiger partial charge in [-0.2, -0.15) is 0 Å². The van der Waals surface area contributed by atoms with Gasteiger partial charge in [-0.1, -0.05) is 0 Å². The lowest BCUT2D eigenvalue weighted by atomic mass is 9.98. The van der Waals surface area contributed by atoms with Gasteiger partial charge in [0.15, 0.2) is 0 Å². The van der Waals surface area contributed by atoms with Crippen LogP contribution in [0.4, 0.5) is 0 Å². The van der Waals surface area contributed by atoms with Crippen LogP contribution in [0.2, 0.25) is 0 Å². The fraction of sp³-hybridized carbons (Fsp3) is 0.833. The van der Waals surface area contributed by atoms with E-state index in [-0.39, 0.29) is 18.9 Å². The molecule has 0 atom stereocenters. The van der Waals surface area contributed by atoms with Gasteiger partial charge in [-0.25, -0.2) is 0 Å². The summed E-state index contributed by atoms with van der Waals surface area (Å²) in [5.74, 6) is -1.17. The van der Waals surface area contributed by atoms with Crippen molar-refractivity contribution < 1.29 is 14.7 Å². The number of nitrogens with two attached hydrogens (primary N) is 1. The molecule has 0 bridgehead atoms. The molecule has 0 fully saturated rings. The highest BCUT2D eigenvalue weighted by molar-refractivity contribution is 5.82. The van der Waals surface area contributed by atoms with Gasteiger partial charge in [0.1, 0.15) is 6.54 Å². The first kappa shape index (κ1) is 15.9. The van der Waals surface area contributed by atoms with Gasteiger partial charge in [0.2, 0.25) is 5.91 Å². The summed E-state index contributed by atoms with van der Waals surface area (Å²) in [7, 11) is 0. The minimum Gasteiger partial charge on any atom is -0.480 e. The first-order chi connectivity index (χ1) is 7.43. The molecule has 0 aromatic carbocycles. The van der Waals surface area contributed by atoms with E-state index in [1.807, 2.05) is 34.6 Å². The molecule has 0 aliphatic rings. The highest BCUT2D eigenvalue weighted by Crippen LogP contribution is 2.17. The van der Waals surface area contributed by atoms with Gasteiger partial charge in [-0.3, -0.25) is 9.59 Å². The summed E-state index contributed by atoms with van der Waals surface area (Å²) in [5, 5.41) is 8.81. The van der Waals surface area contributed by atoms with Crippen molar-refractivity contribution >= 4 is 11.9 Å². The van der Waals surface area contributed by atoms with Crippen LogP contribution in [0, 0.1) is 0 Å². The highest BCUT2D eigenvalue weighted by Gasteiger charge is 2.28. The molecule has 100 valence electrons. The zero-order chi connectivity index (χ0) is 13.9. The van der Waals surface area contributed by atoms with Gasteiger partial charge in [-0.05, 0) is 41.0 Å². The second kappa shape index (κ2) is 5.49. The van der Waals surface area contributed by atoms with Crippen molar-refractivity contribution in [2.75, 3.05) is 6.54 Å². The van der Waals surface area contributed by atoms with Crippen molar-refractivity contribution in [3.8, 4) is 0 Å². The number of carboxylic acids is 1. The fourth-order valence-electron chi connectivity index (χ4n) is 1.40. The molecule has 0 aliphatic carbocycles. The summed E-state index contributed by atoms with van der Waals surface area (Å²) in [4.78, 5) is 24.1. The van der Waals surface area contributed by atoms with Crippen LogP contribution in [-0.4, -0.2) is 39.5 Å². The molecule has 0 heterocycles. The lowest BCUT2D eigenvalue weighted by Crippen LogP contribution is -2.48. The Labute approximate surface area is 103 Å². The molecular formula is C12H24N2O3. The molecule has 0 unspecified atom stereocenters. The molecular weight excluding hydrogens is 220 g/mol. The van der Waals surface area contributed by atoms with Crippen LogP contribution in [0.1, 0.15) is 47.5 Å². The summed E-state index contributed by atoms with van der Waals surface area (Å²) >= 11 is 0. The van der Waals surface area contributed by atoms with E-state index in [1.165, 1.54) is 4.90 Å². The lowest BCUT2D eigenvalue weighted by Gasteiger charge is -2.35. The van der Waals surface area contributed by atoms with Crippen molar-refractivity contribution in [1.29, 1.82) is 0 Å². The summed E-state index contributed by atoms with van der Waals surface area (Å²) in [6, 6.07) is 0. The maximum absolute atomic E-state index is 12.0. The summed E-state index contributed by atoms with van der Waals surface area (Å²) in [6.07, 6.45) is 0.812. The van der Waals surface area contributed by atoms with E-state index in [2.05, 4.69) is 0 Å². The van der Waals surface area contributed by atoms with E-state index < -0.39 is 17.0 Å². The van der Waals surface area contributed by atoms with E-state index in [1.54, 1.807) is 0 Å². The van der Waals surface area contributed by atoms with Crippen molar-refractivity contribution in [3.05, 3.63) is 0 Å². The van der Waals surface area contributed by atoms with E-state index in [4.69, 9.17) is 10.8 Å². The van der Waals surface area contributed by atoms with Crippen molar-refractivity contribution in [1.82, 2.24) is 4.90 Å². The maximum atomic E-state index is 12.0. The van der Waals surface area contributed by atoms with Gasteiger partial charge >= 0.3 is 5.97 Å². The lowest BCUT2D eigenvalue weighted by molar-refractivity contribution is -0.148. The van der Waals surface area contributed by atoms with Gasteiger partial charge in [-0.15, -0.1) is 0 Å². The number of hydrogen-bond donors (Lipinski definition) is 2. The molecule has 17 heavy (non-hydrogen) atoms. The quantitative estimate of drug-likeness (QED) is 0.761. The molecule has 0 rings (SSSR count). The second-order valence-corrected chi connectivity index (χ2v) is 6.03. The predicted octanol–water partition coefficient (Wildman–Crippen LogP) is 1.22. The van der Waals surface area contributed by atoms with E-state index in [0.717, 1.165) is 0 Å². The Bertz CT molecular complexity index is 287. The topological polar surface area (TPSA) is 83.6 Å². The number of nitrogens with zero attached hydrogens (tertiary/aromatic N) is 1. The summed E-state index contributed by atoms with van der Waals surface area (Å²) < 4.78 is 0. The zero-order valence-corrected chi connectivity index (χ0v) is 11.4. The molecule has 5 nitrogen and oxygen atoms in total. The molecule has 0 aliphatic heterocycles. The monoisotopic (exact) mass is 244 g/mol. The highest BCUT2D eigenvalue weighted by atomic mass is 16.4. The third-order valence-corrected chi connectivity index (χ3v) is 2.39. The molecule has 0 saturated heterocycles. The number of carboxylic acid groups (broad SMARTS) is 1. The minimum absolute atomic E-state index is 0.168. The van der Waals surface area contributed by atoms with Crippen molar-refractivity contribution in [3.63, 3.8) is 0 Å². The Hall–Kier alpha value is -1.10. The van der Waals surface area contributed by atoms with Crippen LogP contribution in [0.5, 0.6) is 0 Å². The Kier molecular flexibility index (Phi) is 5.13. The van der Waals surface area contributed by atoms with Gasteiger partial charge in [0.05, 0.1) is 0 Å². The SMILES string of the molecule is CC(C)(N)CCC(=O)N(CC(=O)O)C(C)(C)C. The van der Waals surface area contributed by atoms with Crippen LogP contribution in [0.25, 0.3) is 0 Å². The Balaban J connectivity index is 4.61.